The summed E-state index contributed by atoms with van der Waals surface area (Å²) in [6.07, 6.45) is -4.78. The second-order valence-corrected chi connectivity index (χ2v) is 6.60. The highest BCUT2D eigenvalue weighted by atomic mass is 79.9. The Hall–Kier alpha value is -0.510. The van der Waals surface area contributed by atoms with Gasteiger partial charge in [-0.2, -0.15) is 13.2 Å². The number of benzene rings is 1. The van der Waals surface area contributed by atoms with Gasteiger partial charge in [0.25, 0.3) is 0 Å². The van der Waals surface area contributed by atoms with Crippen LogP contribution >= 0.6 is 15.9 Å². The van der Waals surface area contributed by atoms with Crippen LogP contribution in [-0.4, -0.2) is 6.18 Å². The predicted molar refractivity (Wildman–Crippen MR) is 72.1 cm³/mol. The summed E-state index contributed by atoms with van der Waals surface area (Å²) in [5.74, 6) is 0. The minimum atomic E-state index is -4.09. The Balaban J connectivity index is 2.68. The highest BCUT2D eigenvalue weighted by Gasteiger charge is 2.28. The van der Waals surface area contributed by atoms with Crippen LogP contribution in [0.4, 0.5) is 13.2 Å². The second kappa shape index (κ2) is 5.64. The number of hydrogen-bond donors (Lipinski definition) is 0. The third kappa shape index (κ3) is 5.01. The Labute approximate surface area is 115 Å². The fourth-order valence-electron chi connectivity index (χ4n) is 1.65. The maximum atomic E-state index is 12.1. The van der Waals surface area contributed by atoms with Crippen molar-refractivity contribution in [2.75, 3.05) is 0 Å². The molecule has 4 heteroatoms. The molecular formula is C14H18BrF3. The molecule has 0 nitrogen and oxygen atoms in total. The van der Waals surface area contributed by atoms with E-state index in [4.69, 9.17) is 0 Å². The standard InChI is InChI=1S/C14H18BrF3/c1-13(2,3)11-6-4-10(5-7-11)12(15)8-9-14(16,17)18/h4-7,12H,8-9H2,1-3H3. The largest absolute Gasteiger partial charge is 0.389 e. The summed E-state index contributed by atoms with van der Waals surface area (Å²) >= 11 is 3.31. The summed E-state index contributed by atoms with van der Waals surface area (Å²) in [5, 5.41) is 0. The highest BCUT2D eigenvalue weighted by molar-refractivity contribution is 9.09. The SMILES string of the molecule is CC(C)(C)c1ccc(C(Br)CCC(F)(F)F)cc1. The van der Waals surface area contributed by atoms with Crippen molar-refractivity contribution in [1.82, 2.24) is 0 Å². The third-order valence-corrected chi connectivity index (χ3v) is 3.81. The number of halogens is 4. The zero-order valence-electron chi connectivity index (χ0n) is 10.8. The Morgan fingerprint density at radius 2 is 1.56 bits per heavy atom. The Morgan fingerprint density at radius 1 is 1.06 bits per heavy atom. The minimum Gasteiger partial charge on any atom is -0.171 e. The molecule has 1 unspecified atom stereocenters. The van der Waals surface area contributed by atoms with Crippen molar-refractivity contribution < 1.29 is 13.2 Å². The van der Waals surface area contributed by atoms with Gasteiger partial charge in [-0.1, -0.05) is 61.0 Å². The molecule has 0 saturated heterocycles. The van der Waals surface area contributed by atoms with Crippen molar-refractivity contribution >= 4 is 15.9 Å². The molecule has 1 aromatic carbocycles. The molecular weight excluding hydrogens is 305 g/mol. The van der Waals surface area contributed by atoms with Crippen LogP contribution in [0.2, 0.25) is 0 Å². The topological polar surface area (TPSA) is 0 Å². The van der Waals surface area contributed by atoms with E-state index in [1.54, 1.807) is 0 Å². The molecule has 1 rings (SSSR count). The molecule has 1 aromatic rings. The van der Waals surface area contributed by atoms with Crippen molar-refractivity contribution in [3.05, 3.63) is 35.4 Å². The van der Waals surface area contributed by atoms with Crippen molar-refractivity contribution in [3.63, 3.8) is 0 Å². The van der Waals surface area contributed by atoms with E-state index in [9.17, 15) is 13.2 Å². The lowest BCUT2D eigenvalue weighted by molar-refractivity contribution is -0.135. The van der Waals surface area contributed by atoms with Crippen LogP contribution in [0, 0.1) is 0 Å². The van der Waals surface area contributed by atoms with Gasteiger partial charge in [-0.15, -0.1) is 0 Å². The first-order valence-corrected chi connectivity index (χ1v) is 6.82. The molecule has 0 saturated carbocycles. The zero-order valence-corrected chi connectivity index (χ0v) is 12.4. The maximum Gasteiger partial charge on any atom is 0.389 e. The first-order chi connectivity index (χ1) is 8.09. The van der Waals surface area contributed by atoms with Crippen LogP contribution in [0.3, 0.4) is 0 Å². The molecule has 0 bridgehead atoms. The number of alkyl halides is 4. The van der Waals surface area contributed by atoms with E-state index in [1.165, 1.54) is 5.56 Å². The summed E-state index contributed by atoms with van der Waals surface area (Å²) < 4.78 is 36.4. The summed E-state index contributed by atoms with van der Waals surface area (Å²) in [4.78, 5) is -0.242. The summed E-state index contributed by atoms with van der Waals surface area (Å²) in [7, 11) is 0. The first-order valence-electron chi connectivity index (χ1n) is 5.91. The average Bonchev–Trinajstić information content (AvgIpc) is 2.24. The van der Waals surface area contributed by atoms with Gasteiger partial charge in [0.2, 0.25) is 0 Å². The molecule has 1 atom stereocenters. The van der Waals surface area contributed by atoms with Gasteiger partial charge in [-0.3, -0.25) is 0 Å². The number of hydrogen-bond acceptors (Lipinski definition) is 0. The van der Waals surface area contributed by atoms with Crippen molar-refractivity contribution in [1.29, 1.82) is 0 Å². The Kier molecular flexibility index (Phi) is 4.87. The molecule has 18 heavy (non-hydrogen) atoms. The van der Waals surface area contributed by atoms with E-state index in [-0.39, 0.29) is 16.7 Å². The van der Waals surface area contributed by atoms with Gasteiger partial charge in [0, 0.05) is 11.2 Å². The van der Waals surface area contributed by atoms with Gasteiger partial charge >= 0.3 is 6.18 Å². The Bertz CT molecular complexity index is 374. The van der Waals surface area contributed by atoms with Gasteiger partial charge in [0.05, 0.1) is 0 Å². The molecule has 0 spiro atoms. The van der Waals surface area contributed by atoms with E-state index >= 15 is 0 Å². The normalized spacial score (nSPS) is 14.6. The van der Waals surface area contributed by atoms with E-state index < -0.39 is 12.6 Å². The molecule has 0 aliphatic carbocycles. The summed E-state index contributed by atoms with van der Waals surface area (Å²) in [6.45, 7) is 6.33. The second-order valence-electron chi connectivity index (χ2n) is 5.49. The van der Waals surface area contributed by atoms with Gasteiger partial charge in [-0.05, 0) is 23.0 Å². The van der Waals surface area contributed by atoms with E-state index in [0.717, 1.165) is 5.56 Å². The molecule has 0 aliphatic rings. The van der Waals surface area contributed by atoms with E-state index in [1.807, 2.05) is 24.3 Å². The van der Waals surface area contributed by atoms with E-state index in [2.05, 4.69) is 36.7 Å². The van der Waals surface area contributed by atoms with Crippen molar-refractivity contribution in [2.45, 2.75) is 50.0 Å². The predicted octanol–water partition coefficient (Wildman–Crippen LogP) is 5.76. The summed E-state index contributed by atoms with van der Waals surface area (Å²) in [6, 6.07) is 7.76. The molecule has 0 aromatic heterocycles. The van der Waals surface area contributed by atoms with Crippen LogP contribution in [0.15, 0.2) is 24.3 Å². The first kappa shape index (κ1) is 15.5. The smallest absolute Gasteiger partial charge is 0.171 e. The Morgan fingerprint density at radius 3 is 1.94 bits per heavy atom. The fourth-order valence-corrected chi connectivity index (χ4v) is 2.18. The van der Waals surface area contributed by atoms with Crippen LogP contribution < -0.4 is 0 Å². The van der Waals surface area contributed by atoms with Gasteiger partial charge < -0.3 is 0 Å². The molecule has 0 amide bonds. The van der Waals surface area contributed by atoms with Gasteiger partial charge in [0.15, 0.2) is 0 Å². The monoisotopic (exact) mass is 322 g/mol. The lowest BCUT2D eigenvalue weighted by atomic mass is 9.86. The highest BCUT2D eigenvalue weighted by Crippen LogP contribution is 2.33. The molecule has 0 aliphatic heterocycles. The van der Waals surface area contributed by atoms with Crippen molar-refractivity contribution in [3.8, 4) is 0 Å². The quantitative estimate of drug-likeness (QED) is 0.620. The number of rotatable bonds is 3. The average molecular weight is 323 g/mol. The maximum absolute atomic E-state index is 12.1. The summed E-state index contributed by atoms with van der Waals surface area (Å²) in [5.41, 5.74) is 2.14. The van der Waals surface area contributed by atoms with E-state index in [0.29, 0.717) is 0 Å². The molecule has 0 heterocycles. The molecule has 0 radical (unpaired) electrons. The van der Waals surface area contributed by atoms with Gasteiger partial charge in [0.1, 0.15) is 0 Å². The lowest BCUT2D eigenvalue weighted by Gasteiger charge is -2.20. The molecule has 102 valence electrons. The van der Waals surface area contributed by atoms with Crippen LogP contribution in [-0.2, 0) is 5.41 Å². The lowest BCUT2D eigenvalue weighted by Crippen LogP contribution is -2.11. The van der Waals surface area contributed by atoms with Crippen molar-refractivity contribution in [2.24, 2.45) is 0 Å². The zero-order chi connectivity index (χ0) is 14.0. The van der Waals surface area contributed by atoms with Gasteiger partial charge in [-0.25, -0.2) is 0 Å². The van der Waals surface area contributed by atoms with Crippen LogP contribution in [0.25, 0.3) is 0 Å². The molecule has 0 fully saturated rings. The fraction of sp³-hybridized carbons (Fsp3) is 0.571. The van der Waals surface area contributed by atoms with Crippen LogP contribution in [0.1, 0.15) is 49.6 Å². The minimum absolute atomic E-state index is 0.0618. The van der Waals surface area contributed by atoms with Crippen LogP contribution in [0.5, 0.6) is 0 Å². The third-order valence-electron chi connectivity index (χ3n) is 2.82. The molecule has 0 N–H and O–H groups in total.